The van der Waals surface area contributed by atoms with Crippen LogP contribution in [0.25, 0.3) is 0 Å². The van der Waals surface area contributed by atoms with Crippen LogP contribution < -0.4 is 10.5 Å². The van der Waals surface area contributed by atoms with Gasteiger partial charge in [-0.15, -0.1) is 24.8 Å². The summed E-state index contributed by atoms with van der Waals surface area (Å²) in [5, 5.41) is 11.4. The Kier molecular flexibility index (Phi) is 10.1. The van der Waals surface area contributed by atoms with Crippen molar-refractivity contribution in [3.8, 4) is 5.88 Å². The SMILES string of the molecule is Cc1cc(OC(C)C)ncc1[C@H](O)[C@H](N)c1ccc(Cl)c(Cl)c1.Cl.Cl. The van der Waals surface area contributed by atoms with Crippen LogP contribution in [0.2, 0.25) is 10.0 Å². The number of benzene rings is 1. The number of nitrogens with zero attached hydrogens (tertiary/aromatic N) is 1. The molecule has 0 aliphatic carbocycles. The third kappa shape index (κ3) is 6.17. The van der Waals surface area contributed by atoms with E-state index in [9.17, 15) is 5.11 Å². The van der Waals surface area contributed by atoms with E-state index in [0.717, 1.165) is 5.56 Å². The Labute approximate surface area is 170 Å². The fourth-order valence-corrected chi connectivity index (χ4v) is 2.56. The van der Waals surface area contributed by atoms with Gasteiger partial charge in [0, 0.05) is 17.8 Å². The summed E-state index contributed by atoms with van der Waals surface area (Å²) < 4.78 is 5.55. The molecule has 1 aromatic carbocycles. The minimum absolute atomic E-state index is 0. The molecule has 1 aromatic heterocycles. The molecule has 0 radical (unpaired) electrons. The van der Waals surface area contributed by atoms with Gasteiger partial charge in [-0.3, -0.25) is 0 Å². The van der Waals surface area contributed by atoms with Crippen LogP contribution in [0.4, 0.5) is 0 Å². The van der Waals surface area contributed by atoms with Crippen LogP contribution in [-0.2, 0) is 0 Å². The monoisotopic (exact) mass is 426 g/mol. The van der Waals surface area contributed by atoms with Crippen molar-refractivity contribution in [3.63, 3.8) is 0 Å². The van der Waals surface area contributed by atoms with Gasteiger partial charge in [0.1, 0.15) is 0 Å². The van der Waals surface area contributed by atoms with E-state index in [1.807, 2.05) is 20.8 Å². The van der Waals surface area contributed by atoms with E-state index in [1.54, 1.807) is 30.5 Å². The zero-order chi connectivity index (χ0) is 17.1. The molecule has 2 aromatic rings. The van der Waals surface area contributed by atoms with Crippen LogP contribution in [-0.4, -0.2) is 16.2 Å². The lowest BCUT2D eigenvalue weighted by Gasteiger charge is -2.22. The van der Waals surface area contributed by atoms with E-state index >= 15 is 0 Å². The summed E-state index contributed by atoms with van der Waals surface area (Å²) in [7, 11) is 0. The second kappa shape index (κ2) is 10.4. The quantitative estimate of drug-likeness (QED) is 0.699. The van der Waals surface area contributed by atoms with Gasteiger partial charge in [0.2, 0.25) is 5.88 Å². The van der Waals surface area contributed by atoms with Crippen molar-refractivity contribution in [2.45, 2.75) is 39.0 Å². The first-order chi connectivity index (χ1) is 10.8. The van der Waals surface area contributed by atoms with Crippen LogP contribution in [0.1, 0.15) is 42.7 Å². The molecule has 0 saturated heterocycles. The number of aliphatic hydroxyl groups excluding tert-OH is 1. The first-order valence-electron chi connectivity index (χ1n) is 7.31. The normalized spacial score (nSPS) is 12.8. The maximum Gasteiger partial charge on any atom is 0.213 e. The Balaban J connectivity index is 0.00000288. The fraction of sp³-hybridized carbons (Fsp3) is 0.353. The number of aromatic nitrogens is 1. The van der Waals surface area contributed by atoms with Crippen molar-refractivity contribution in [1.29, 1.82) is 0 Å². The Bertz CT molecular complexity index is 698. The summed E-state index contributed by atoms with van der Waals surface area (Å²) in [6, 6.07) is 6.23. The number of ether oxygens (including phenoxy) is 1. The molecule has 0 spiro atoms. The molecule has 0 unspecified atom stereocenters. The van der Waals surface area contributed by atoms with Gasteiger partial charge >= 0.3 is 0 Å². The first-order valence-corrected chi connectivity index (χ1v) is 8.07. The number of pyridine rings is 1. The van der Waals surface area contributed by atoms with Crippen molar-refractivity contribution < 1.29 is 9.84 Å². The molecule has 1 heterocycles. The molecule has 0 aliphatic heterocycles. The van der Waals surface area contributed by atoms with E-state index in [0.29, 0.717) is 27.1 Å². The highest BCUT2D eigenvalue weighted by molar-refractivity contribution is 6.42. The highest BCUT2D eigenvalue weighted by Crippen LogP contribution is 2.32. The number of nitrogens with two attached hydrogens (primary N) is 1. The molecule has 140 valence electrons. The molecule has 0 aliphatic rings. The second-order valence-corrected chi connectivity index (χ2v) is 6.50. The molecule has 0 bridgehead atoms. The van der Waals surface area contributed by atoms with E-state index < -0.39 is 12.1 Å². The Hall–Kier alpha value is -0.750. The maximum absolute atomic E-state index is 10.6. The van der Waals surface area contributed by atoms with Crippen LogP contribution in [0, 0.1) is 6.92 Å². The predicted octanol–water partition coefficient (Wildman–Crippen LogP) is 5.06. The minimum Gasteiger partial charge on any atom is -0.475 e. The molecule has 8 heteroatoms. The van der Waals surface area contributed by atoms with E-state index in [1.165, 1.54) is 0 Å². The Morgan fingerprint density at radius 2 is 1.76 bits per heavy atom. The van der Waals surface area contributed by atoms with Gasteiger partial charge in [-0.2, -0.15) is 0 Å². The molecule has 0 saturated carbocycles. The standard InChI is InChI=1S/C17H20Cl2N2O2.2ClH/c1-9(2)23-15-6-10(3)12(8-21-15)17(22)16(20)11-4-5-13(18)14(19)7-11;;/h4-9,16-17,22H,20H2,1-3H3;2*1H/t16-,17+;;/m1../s1. The van der Waals surface area contributed by atoms with Crippen LogP contribution >= 0.6 is 48.0 Å². The number of rotatable bonds is 5. The van der Waals surface area contributed by atoms with Gasteiger partial charge in [0.25, 0.3) is 0 Å². The highest BCUT2D eigenvalue weighted by atomic mass is 35.5. The molecular formula is C17H22Cl4N2O2. The maximum atomic E-state index is 10.6. The smallest absolute Gasteiger partial charge is 0.213 e. The largest absolute Gasteiger partial charge is 0.475 e. The average molecular weight is 428 g/mol. The van der Waals surface area contributed by atoms with Crippen molar-refractivity contribution in [1.82, 2.24) is 4.98 Å². The lowest BCUT2D eigenvalue weighted by molar-refractivity contribution is 0.145. The van der Waals surface area contributed by atoms with E-state index in [-0.39, 0.29) is 30.9 Å². The predicted molar refractivity (Wildman–Crippen MR) is 108 cm³/mol. The topological polar surface area (TPSA) is 68.4 Å². The van der Waals surface area contributed by atoms with Gasteiger partial charge in [-0.05, 0) is 44.0 Å². The van der Waals surface area contributed by atoms with Crippen molar-refractivity contribution in [2.75, 3.05) is 0 Å². The lowest BCUT2D eigenvalue weighted by Crippen LogP contribution is -2.20. The summed E-state index contributed by atoms with van der Waals surface area (Å²) in [5.41, 5.74) is 8.38. The number of halogens is 4. The average Bonchev–Trinajstić information content (AvgIpc) is 2.48. The summed E-state index contributed by atoms with van der Waals surface area (Å²) in [5.74, 6) is 0.525. The first kappa shape index (κ1) is 24.2. The highest BCUT2D eigenvalue weighted by Gasteiger charge is 2.22. The van der Waals surface area contributed by atoms with Gasteiger partial charge < -0.3 is 15.6 Å². The Morgan fingerprint density at radius 1 is 1.12 bits per heavy atom. The molecule has 0 amide bonds. The van der Waals surface area contributed by atoms with Crippen molar-refractivity contribution in [2.24, 2.45) is 5.73 Å². The summed E-state index contributed by atoms with van der Waals surface area (Å²) in [6.45, 7) is 5.74. The molecule has 2 atom stereocenters. The zero-order valence-corrected chi connectivity index (χ0v) is 17.2. The van der Waals surface area contributed by atoms with Crippen LogP contribution in [0.15, 0.2) is 30.5 Å². The lowest BCUT2D eigenvalue weighted by atomic mass is 9.95. The molecule has 25 heavy (non-hydrogen) atoms. The molecule has 0 fully saturated rings. The molecule has 4 nitrogen and oxygen atoms in total. The number of hydrogen-bond acceptors (Lipinski definition) is 4. The van der Waals surface area contributed by atoms with Gasteiger partial charge in [-0.1, -0.05) is 29.3 Å². The molecular weight excluding hydrogens is 406 g/mol. The minimum atomic E-state index is -0.909. The molecule has 3 N–H and O–H groups in total. The summed E-state index contributed by atoms with van der Waals surface area (Å²) >= 11 is 11.9. The van der Waals surface area contributed by atoms with E-state index in [4.69, 9.17) is 33.7 Å². The van der Waals surface area contributed by atoms with Gasteiger partial charge in [0.05, 0.1) is 28.3 Å². The summed E-state index contributed by atoms with van der Waals surface area (Å²) in [4.78, 5) is 4.22. The number of aryl methyl sites for hydroxylation is 1. The van der Waals surface area contributed by atoms with Gasteiger partial charge in [-0.25, -0.2) is 4.98 Å². The van der Waals surface area contributed by atoms with Crippen LogP contribution in [0.3, 0.4) is 0 Å². The third-order valence-corrected chi connectivity index (χ3v) is 4.21. The molecule has 2 rings (SSSR count). The van der Waals surface area contributed by atoms with Crippen molar-refractivity contribution >= 4 is 48.0 Å². The van der Waals surface area contributed by atoms with E-state index in [2.05, 4.69) is 4.98 Å². The fourth-order valence-electron chi connectivity index (χ4n) is 2.25. The van der Waals surface area contributed by atoms with Gasteiger partial charge in [0.15, 0.2) is 0 Å². The number of hydrogen-bond donors (Lipinski definition) is 2. The van der Waals surface area contributed by atoms with Crippen molar-refractivity contribution in [3.05, 3.63) is 57.2 Å². The Morgan fingerprint density at radius 3 is 2.28 bits per heavy atom. The van der Waals surface area contributed by atoms with Crippen LogP contribution in [0.5, 0.6) is 5.88 Å². The summed E-state index contributed by atoms with van der Waals surface area (Å²) in [6.07, 6.45) is 0.721. The zero-order valence-electron chi connectivity index (χ0n) is 14.1. The second-order valence-electron chi connectivity index (χ2n) is 5.69. The third-order valence-electron chi connectivity index (χ3n) is 3.47. The number of aliphatic hydroxyl groups is 1.